The van der Waals surface area contributed by atoms with Crippen molar-refractivity contribution in [1.82, 2.24) is 4.98 Å². The standard InChI is InChI=1S/C9H6BrClN2O/c1-2-3-8(14)13-7-4-6(11)5-12-9(7)10/h1,4-5H,3H2,(H,13,14). The van der Waals surface area contributed by atoms with Crippen molar-refractivity contribution in [1.29, 1.82) is 0 Å². The fourth-order valence-corrected chi connectivity index (χ4v) is 1.27. The summed E-state index contributed by atoms with van der Waals surface area (Å²) in [5, 5.41) is 3.03. The normalized spacial score (nSPS) is 9.21. The maximum absolute atomic E-state index is 11.1. The lowest BCUT2D eigenvalue weighted by Gasteiger charge is -2.04. The van der Waals surface area contributed by atoms with Crippen LogP contribution in [-0.4, -0.2) is 10.9 Å². The molecule has 0 aliphatic rings. The number of amides is 1. The van der Waals surface area contributed by atoms with E-state index >= 15 is 0 Å². The lowest BCUT2D eigenvalue weighted by molar-refractivity contribution is -0.115. The van der Waals surface area contributed by atoms with E-state index in [4.69, 9.17) is 18.0 Å². The highest BCUT2D eigenvalue weighted by atomic mass is 79.9. The zero-order chi connectivity index (χ0) is 10.6. The average Bonchev–Trinajstić information content (AvgIpc) is 2.12. The van der Waals surface area contributed by atoms with Crippen LogP contribution < -0.4 is 5.32 Å². The Labute approximate surface area is 95.0 Å². The van der Waals surface area contributed by atoms with Gasteiger partial charge in [-0.1, -0.05) is 17.5 Å². The molecule has 3 nitrogen and oxygen atoms in total. The van der Waals surface area contributed by atoms with Gasteiger partial charge in [0.05, 0.1) is 17.1 Å². The van der Waals surface area contributed by atoms with Crippen molar-refractivity contribution in [3.05, 3.63) is 21.9 Å². The molecule has 1 amide bonds. The summed E-state index contributed by atoms with van der Waals surface area (Å²) in [4.78, 5) is 15.0. The number of anilines is 1. The number of nitrogens with zero attached hydrogens (tertiary/aromatic N) is 1. The van der Waals surface area contributed by atoms with E-state index in [1.807, 2.05) is 0 Å². The van der Waals surface area contributed by atoms with Gasteiger partial charge in [-0.15, -0.1) is 6.42 Å². The van der Waals surface area contributed by atoms with Crippen molar-refractivity contribution in [2.45, 2.75) is 6.42 Å². The van der Waals surface area contributed by atoms with Crippen molar-refractivity contribution in [2.24, 2.45) is 0 Å². The number of terminal acetylenes is 1. The van der Waals surface area contributed by atoms with Crippen LogP contribution in [0.15, 0.2) is 16.9 Å². The summed E-state index contributed by atoms with van der Waals surface area (Å²) in [6.07, 6.45) is 6.49. The molecule has 1 rings (SSSR count). The molecule has 0 radical (unpaired) electrons. The fraction of sp³-hybridized carbons (Fsp3) is 0.111. The molecule has 1 aromatic heterocycles. The summed E-state index contributed by atoms with van der Waals surface area (Å²) >= 11 is 8.88. The smallest absolute Gasteiger partial charge is 0.236 e. The minimum absolute atomic E-state index is 0.0267. The predicted octanol–water partition coefficient (Wildman–Crippen LogP) is 2.46. The quantitative estimate of drug-likeness (QED) is 0.664. The molecule has 1 heterocycles. The summed E-state index contributed by atoms with van der Waals surface area (Å²) in [5.74, 6) is 1.97. The van der Waals surface area contributed by atoms with Crippen molar-refractivity contribution in [3.8, 4) is 12.3 Å². The molecular weight excluding hydrogens is 267 g/mol. The van der Waals surface area contributed by atoms with Crippen molar-refractivity contribution in [2.75, 3.05) is 5.32 Å². The minimum atomic E-state index is -0.266. The maximum Gasteiger partial charge on any atom is 0.236 e. The first-order valence-corrected chi connectivity index (χ1v) is 4.85. The molecular formula is C9H6BrClN2O. The van der Waals surface area contributed by atoms with E-state index in [1.165, 1.54) is 6.20 Å². The zero-order valence-corrected chi connectivity index (χ0v) is 9.39. The van der Waals surface area contributed by atoms with E-state index in [2.05, 4.69) is 32.2 Å². The molecule has 72 valence electrons. The van der Waals surface area contributed by atoms with Gasteiger partial charge in [0.15, 0.2) is 0 Å². The summed E-state index contributed by atoms with van der Waals surface area (Å²) < 4.78 is 0.521. The van der Waals surface area contributed by atoms with E-state index in [-0.39, 0.29) is 12.3 Å². The molecule has 0 aliphatic heterocycles. The second-order valence-corrected chi connectivity index (χ2v) is 3.61. The third-order valence-corrected chi connectivity index (χ3v) is 2.18. The monoisotopic (exact) mass is 272 g/mol. The molecule has 0 atom stereocenters. The number of aromatic nitrogens is 1. The summed E-state index contributed by atoms with van der Waals surface area (Å²) in [6, 6.07) is 1.59. The molecule has 0 spiro atoms. The van der Waals surface area contributed by atoms with E-state index in [0.717, 1.165) is 0 Å². The Morgan fingerprint density at radius 1 is 1.79 bits per heavy atom. The largest absolute Gasteiger partial charge is 0.323 e. The van der Waals surface area contributed by atoms with E-state index in [0.29, 0.717) is 15.3 Å². The third-order valence-electron chi connectivity index (χ3n) is 1.34. The Balaban J connectivity index is 2.81. The summed E-state index contributed by atoms with van der Waals surface area (Å²) in [7, 11) is 0. The second-order valence-electron chi connectivity index (χ2n) is 2.42. The molecule has 0 aliphatic carbocycles. The predicted molar refractivity (Wildman–Crippen MR) is 59.0 cm³/mol. The van der Waals surface area contributed by atoms with Crippen molar-refractivity contribution < 1.29 is 4.79 Å². The highest BCUT2D eigenvalue weighted by molar-refractivity contribution is 9.10. The zero-order valence-electron chi connectivity index (χ0n) is 7.05. The molecule has 1 aromatic rings. The number of halogens is 2. The Kier molecular flexibility index (Phi) is 3.93. The molecule has 1 N–H and O–H groups in total. The van der Waals surface area contributed by atoms with Gasteiger partial charge in [-0.2, -0.15) is 0 Å². The van der Waals surface area contributed by atoms with Crippen LogP contribution >= 0.6 is 27.5 Å². The van der Waals surface area contributed by atoms with Gasteiger partial charge in [0, 0.05) is 6.20 Å². The number of hydrogen-bond donors (Lipinski definition) is 1. The van der Waals surface area contributed by atoms with Gasteiger partial charge in [0.1, 0.15) is 4.60 Å². The van der Waals surface area contributed by atoms with E-state index < -0.39 is 0 Å². The van der Waals surface area contributed by atoms with E-state index in [1.54, 1.807) is 6.07 Å². The Morgan fingerprint density at radius 2 is 2.50 bits per heavy atom. The average molecular weight is 274 g/mol. The number of rotatable bonds is 2. The minimum Gasteiger partial charge on any atom is -0.323 e. The first-order valence-electron chi connectivity index (χ1n) is 3.68. The number of pyridine rings is 1. The first kappa shape index (κ1) is 11.0. The first-order chi connectivity index (χ1) is 6.63. The van der Waals surface area contributed by atoms with Gasteiger partial charge >= 0.3 is 0 Å². The van der Waals surface area contributed by atoms with Gasteiger partial charge in [0.25, 0.3) is 0 Å². The van der Waals surface area contributed by atoms with Crippen molar-refractivity contribution in [3.63, 3.8) is 0 Å². The summed E-state index contributed by atoms with van der Waals surface area (Å²) in [6.45, 7) is 0. The summed E-state index contributed by atoms with van der Waals surface area (Å²) in [5.41, 5.74) is 0.512. The molecule has 0 saturated heterocycles. The van der Waals surface area contributed by atoms with Crippen LogP contribution in [0.1, 0.15) is 6.42 Å². The third kappa shape index (κ3) is 3.02. The topological polar surface area (TPSA) is 42.0 Å². The van der Waals surface area contributed by atoms with Gasteiger partial charge < -0.3 is 5.32 Å². The molecule has 0 bridgehead atoms. The van der Waals surface area contributed by atoms with E-state index in [9.17, 15) is 4.79 Å². The lowest BCUT2D eigenvalue weighted by Crippen LogP contribution is -2.10. The molecule has 0 unspecified atom stereocenters. The number of carbonyl (C=O) groups excluding carboxylic acids is 1. The highest BCUT2D eigenvalue weighted by Crippen LogP contribution is 2.22. The molecule has 0 saturated carbocycles. The van der Waals surface area contributed by atoms with Crippen LogP contribution in [0.4, 0.5) is 5.69 Å². The number of hydrogen-bond acceptors (Lipinski definition) is 2. The number of carbonyl (C=O) groups is 1. The van der Waals surface area contributed by atoms with Gasteiger partial charge in [0.2, 0.25) is 5.91 Å². The second kappa shape index (κ2) is 4.99. The molecule has 0 fully saturated rings. The molecule has 5 heteroatoms. The maximum atomic E-state index is 11.1. The lowest BCUT2D eigenvalue weighted by atomic mass is 10.3. The highest BCUT2D eigenvalue weighted by Gasteiger charge is 2.05. The SMILES string of the molecule is C#CCC(=O)Nc1cc(Cl)cnc1Br. The van der Waals surface area contributed by atoms with Crippen LogP contribution in [0.3, 0.4) is 0 Å². The Hall–Kier alpha value is -1.05. The van der Waals surface area contributed by atoms with Crippen LogP contribution in [0.25, 0.3) is 0 Å². The fourth-order valence-electron chi connectivity index (χ4n) is 0.797. The van der Waals surface area contributed by atoms with Crippen LogP contribution in [-0.2, 0) is 4.79 Å². The molecule has 0 aromatic carbocycles. The van der Waals surface area contributed by atoms with Crippen LogP contribution in [0, 0.1) is 12.3 Å². The van der Waals surface area contributed by atoms with Gasteiger partial charge in [-0.05, 0) is 22.0 Å². The van der Waals surface area contributed by atoms with Crippen LogP contribution in [0.5, 0.6) is 0 Å². The van der Waals surface area contributed by atoms with Crippen molar-refractivity contribution >= 4 is 39.1 Å². The van der Waals surface area contributed by atoms with Gasteiger partial charge in [-0.25, -0.2) is 4.98 Å². The Bertz CT molecular complexity index is 400. The van der Waals surface area contributed by atoms with Crippen LogP contribution in [0.2, 0.25) is 5.02 Å². The molecule has 14 heavy (non-hydrogen) atoms. The Morgan fingerprint density at radius 3 is 3.14 bits per heavy atom. The number of nitrogens with one attached hydrogen (secondary N) is 1. The van der Waals surface area contributed by atoms with Gasteiger partial charge in [-0.3, -0.25) is 4.79 Å².